The van der Waals surface area contributed by atoms with Crippen LogP contribution >= 0.6 is 23.8 Å². The predicted molar refractivity (Wildman–Crippen MR) is 141 cm³/mol. The summed E-state index contributed by atoms with van der Waals surface area (Å²) in [4.78, 5) is 18.3. The fourth-order valence-electron chi connectivity index (χ4n) is 4.28. The normalized spacial score (nSPS) is 17.1. The van der Waals surface area contributed by atoms with E-state index in [1.54, 1.807) is 25.4 Å². The van der Waals surface area contributed by atoms with Gasteiger partial charge in [-0.2, -0.15) is 0 Å². The third kappa shape index (κ3) is 4.41. The van der Waals surface area contributed by atoms with Crippen molar-refractivity contribution in [3.8, 4) is 17.1 Å². The van der Waals surface area contributed by atoms with Crippen LogP contribution in [0.5, 0.6) is 5.75 Å². The van der Waals surface area contributed by atoms with Crippen LogP contribution in [-0.4, -0.2) is 30.3 Å². The SMILES string of the molecule is COC(=O)c1ccc(-c2ccc([C@H]3[C@H](c4ccccn4)NC(=S)N3c3ccc(OC)c(Cl)c3)o2)cc1. The van der Waals surface area contributed by atoms with E-state index in [1.165, 1.54) is 7.11 Å². The molecular weight excluding hydrogens is 498 g/mol. The summed E-state index contributed by atoms with van der Waals surface area (Å²) >= 11 is 12.2. The molecule has 2 aromatic carbocycles. The first-order chi connectivity index (χ1) is 17.5. The zero-order chi connectivity index (χ0) is 25.2. The Balaban J connectivity index is 1.55. The van der Waals surface area contributed by atoms with Gasteiger partial charge in [0.1, 0.15) is 23.3 Å². The molecule has 7 nitrogen and oxygen atoms in total. The van der Waals surface area contributed by atoms with Gasteiger partial charge in [-0.25, -0.2) is 4.79 Å². The summed E-state index contributed by atoms with van der Waals surface area (Å²) < 4.78 is 16.5. The number of nitrogens with zero attached hydrogens (tertiary/aromatic N) is 2. The van der Waals surface area contributed by atoms with Crippen molar-refractivity contribution in [1.82, 2.24) is 10.3 Å². The van der Waals surface area contributed by atoms with Gasteiger partial charge in [0.25, 0.3) is 0 Å². The minimum absolute atomic E-state index is 0.264. The van der Waals surface area contributed by atoms with E-state index in [0.717, 1.165) is 16.9 Å². The molecule has 4 aromatic rings. The Morgan fingerprint density at radius 3 is 2.56 bits per heavy atom. The van der Waals surface area contributed by atoms with Crippen molar-refractivity contribution in [2.24, 2.45) is 0 Å². The van der Waals surface area contributed by atoms with Crippen LogP contribution in [-0.2, 0) is 4.74 Å². The van der Waals surface area contributed by atoms with E-state index in [9.17, 15) is 4.79 Å². The predicted octanol–water partition coefficient (Wildman–Crippen LogP) is 5.97. The lowest BCUT2D eigenvalue weighted by Gasteiger charge is -2.26. The Bertz CT molecular complexity index is 1410. The quantitative estimate of drug-likeness (QED) is 0.247. The average molecular weight is 520 g/mol. The maximum Gasteiger partial charge on any atom is 0.337 e. The van der Waals surface area contributed by atoms with Gasteiger partial charge in [0.2, 0.25) is 0 Å². The van der Waals surface area contributed by atoms with Crippen LogP contribution in [0.4, 0.5) is 5.69 Å². The average Bonchev–Trinajstić information content (AvgIpc) is 3.53. The van der Waals surface area contributed by atoms with Crippen molar-refractivity contribution >= 4 is 40.6 Å². The number of aromatic nitrogens is 1. The molecule has 0 saturated carbocycles. The summed E-state index contributed by atoms with van der Waals surface area (Å²) in [6.45, 7) is 0. The maximum absolute atomic E-state index is 11.8. The Morgan fingerprint density at radius 2 is 1.89 bits per heavy atom. The summed E-state index contributed by atoms with van der Waals surface area (Å²) in [5, 5.41) is 4.40. The topological polar surface area (TPSA) is 76.8 Å². The van der Waals surface area contributed by atoms with Crippen molar-refractivity contribution in [1.29, 1.82) is 0 Å². The van der Waals surface area contributed by atoms with Crippen molar-refractivity contribution < 1.29 is 18.7 Å². The number of nitrogens with one attached hydrogen (secondary N) is 1. The first-order valence-electron chi connectivity index (χ1n) is 11.1. The van der Waals surface area contributed by atoms with E-state index >= 15 is 0 Å². The number of halogens is 1. The number of esters is 1. The fourth-order valence-corrected chi connectivity index (χ4v) is 4.88. The lowest BCUT2D eigenvalue weighted by Crippen LogP contribution is -2.29. The summed E-state index contributed by atoms with van der Waals surface area (Å²) in [6, 6.07) is 21.6. The molecule has 1 N–H and O–H groups in total. The van der Waals surface area contributed by atoms with Gasteiger partial charge in [-0.15, -0.1) is 0 Å². The Labute approximate surface area is 218 Å². The van der Waals surface area contributed by atoms with Gasteiger partial charge in [0.15, 0.2) is 5.11 Å². The van der Waals surface area contributed by atoms with Gasteiger partial charge in [-0.05, 0) is 66.8 Å². The Morgan fingerprint density at radius 1 is 1.08 bits per heavy atom. The number of ether oxygens (including phenoxy) is 2. The first-order valence-corrected chi connectivity index (χ1v) is 11.9. The van der Waals surface area contributed by atoms with Crippen molar-refractivity contribution in [2.75, 3.05) is 19.1 Å². The third-order valence-electron chi connectivity index (χ3n) is 6.02. The summed E-state index contributed by atoms with van der Waals surface area (Å²) in [5.41, 5.74) is 2.92. The van der Waals surface area contributed by atoms with Crippen LogP contribution in [0.25, 0.3) is 11.3 Å². The zero-order valence-electron chi connectivity index (χ0n) is 19.5. The largest absolute Gasteiger partial charge is 0.495 e. The molecule has 0 radical (unpaired) electrons. The van der Waals surface area contributed by atoms with Crippen LogP contribution in [0.2, 0.25) is 5.02 Å². The molecule has 2 aromatic heterocycles. The number of carbonyl (C=O) groups is 1. The number of furan rings is 1. The fraction of sp³-hybridized carbons (Fsp3) is 0.148. The van der Waals surface area contributed by atoms with Crippen molar-refractivity contribution in [3.05, 3.63) is 101 Å². The molecule has 1 aliphatic heterocycles. The highest BCUT2D eigenvalue weighted by Crippen LogP contribution is 2.44. The second-order valence-electron chi connectivity index (χ2n) is 8.09. The van der Waals surface area contributed by atoms with E-state index in [1.807, 2.05) is 65.6 Å². The van der Waals surface area contributed by atoms with Gasteiger partial charge in [0, 0.05) is 17.4 Å². The Kier molecular flexibility index (Phi) is 6.63. The van der Waals surface area contributed by atoms with Crippen LogP contribution < -0.4 is 15.0 Å². The molecule has 1 saturated heterocycles. The van der Waals surface area contributed by atoms with Crippen LogP contribution in [0.15, 0.2) is 83.4 Å². The van der Waals surface area contributed by atoms with E-state index in [-0.39, 0.29) is 18.1 Å². The highest BCUT2D eigenvalue weighted by Gasteiger charge is 2.42. The number of methoxy groups -OCH3 is 2. The molecule has 9 heteroatoms. The number of pyridine rings is 1. The van der Waals surface area contributed by atoms with Gasteiger partial charge >= 0.3 is 5.97 Å². The van der Waals surface area contributed by atoms with E-state index in [4.69, 9.17) is 37.7 Å². The van der Waals surface area contributed by atoms with E-state index in [2.05, 4.69) is 10.3 Å². The van der Waals surface area contributed by atoms with E-state index in [0.29, 0.717) is 33.0 Å². The van der Waals surface area contributed by atoms with Crippen molar-refractivity contribution in [2.45, 2.75) is 12.1 Å². The smallest absolute Gasteiger partial charge is 0.337 e. The second kappa shape index (κ2) is 10.0. The molecule has 0 amide bonds. The monoisotopic (exact) mass is 519 g/mol. The molecule has 0 unspecified atom stereocenters. The number of hydrogen-bond donors (Lipinski definition) is 1. The number of carbonyl (C=O) groups excluding carboxylic acids is 1. The standard InChI is InChI=1S/C27H22ClN3O4S/c1-33-22-11-10-18(15-19(22)28)31-25(24(30-27(31)36)20-5-3-4-14-29-20)23-13-12-21(35-23)16-6-8-17(9-7-16)26(32)34-2/h3-15,24-25H,1-2H3,(H,30,36)/t24-,25-/m0/s1. The van der Waals surface area contributed by atoms with Gasteiger partial charge < -0.3 is 24.1 Å². The zero-order valence-corrected chi connectivity index (χ0v) is 21.0. The number of benzene rings is 2. The highest BCUT2D eigenvalue weighted by atomic mass is 35.5. The van der Waals surface area contributed by atoms with Crippen molar-refractivity contribution in [3.63, 3.8) is 0 Å². The molecule has 182 valence electrons. The summed E-state index contributed by atoms with van der Waals surface area (Å²) in [7, 11) is 2.93. The molecule has 1 fully saturated rings. The molecule has 0 aliphatic carbocycles. The molecule has 3 heterocycles. The molecule has 0 bridgehead atoms. The Hall–Kier alpha value is -3.88. The number of hydrogen-bond acceptors (Lipinski definition) is 6. The van der Waals surface area contributed by atoms with E-state index < -0.39 is 0 Å². The lowest BCUT2D eigenvalue weighted by molar-refractivity contribution is 0.0600. The van der Waals surface area contributed by atoms with Crippen LogP contribution in [0, 0.1) is 0 Å². The highest BCUT2D eigenvalue weighted by molar-refractivity contribution is 7.80. The number of rotatable bonds is 6. The first kappa shape index (κ1) is 23.8. The maximum atomic E-state index is 11.8. The minimum atomic E-state index is -0.390. The second-order valence-corrected chi connectivity index (χ2v) is 8.88. The molecule has 0 spiro atoms. The molecular formula is C27H22ClN3O4S. The van der Waals surface area contributed by atoms with Crippen LogP contribution in [0.3, 0.4) is 0 Å². The van der Waals surface area contributed by atoms with Gasteiger partial charge in [0.05, 0.1) is 36.5 Å². The summed E-state index contributed by atoms with van der Waals surface area (Å²) in [5.74, 6) is 1.54. The molecule has 36 heavy (non-hydrogen) atoms. The number of thiocarbonyl (C=S) groups is 1. The van der Waals surface area contributed by atoms with Crippen LogP contribution in [0.1, 0.15) is 33.9 Å². The van der Waals surface area contributed by atoms with Gasteiger partial charge in [-0.3, -0.25) is 4.98 Å². The lowest BCUT2D eigenvalue weighted by atomic mass is 10.0. The molecule has 2 atom stereocenters. The molecule has 1 aliphatic rings. The number of anilines is 1. The third-order valence-corrected chi connectivity index (χ3v) is 6.63. The minimum Gasteiger partial charge on any atom is -0.495 e. The molecule has 5 rings (SSSR count). The van der Waals surface area contributed by atoms with Gasteiger partial charge in [-0.1, -0.05) is 29.8 Å². The summed E-state index contributed by atoms with van der Waals surface area (Å²) in [6.07, 6.45) is 1.75.